The molecule has 2 aromatic rings. The van der Waals surface area contributed by atoms with Gasteiger partial charge in [-0.3, -0.25) is 24.0 Å². The Hall–Kier alpha value is -4.88. The number of aliphatic hydroxyl groups excluding tert-OH is 1. The van der Waals surface area contributed by atoms with E-state index in [0.29, 0.717) is 24.0 Å². The maximum absolute atomic E-state index is 15.8. The number of benzene rings is 2. The van der Waals surface area contributed by atoms with Gasteiger partial charge in [-0.25, -0.2) is 4.79 Å². The number of carbonyl (C=O) groups excluding carboxylic acids is 5. The Bertz CT molecular complexity index is 2110. The van der Waals surface area contributed by atoms with E-state index in [-0.39, 0.29) is 32.2 Å². The van der Waals surface area contributed by atoms with Gasteiger partial charge in [-0.05, 0) is 62.8 Å². The number of unbranched alkanes of at least 4 members (excludes halogenated alkanes) is 4. The normalized spacial score (nSPS) is 24.8. The van der Waals surface area contributed by atoms with Gasteiger partial charge in [0.15, 0.2) is 18.4 Å². The van der Waals surface area contributed by atoms with Gasteiger partial charge in [-0.15, -0.1) is 0 Å². The first-order valence-corrected chi connectivity index (χ1v) is 24.2. The van der Waals surface area contributed by atoms with Crippen LogP contribution >= 0.6 is 0 Å². The molecule has 4 aliphatic rings. The van der Waals surface area contributed by atoms with Crippen LogP contribution in [0.5, 0.6) is 0 Å². The van der Waals surface area contributed by atoms with E-state index in [2.05, 4.69) is 23.9 Å². The summed E-state index contributed by atoms with van der Waals surface area (Å²) in [7, 11) is 1.51. The van der Waals surface area contributed by atoms with Crippen LogP contribution in [-0.4, -0.2) is 125 Å². The Morgan fingerprint density at radius 3 is 2.20 bits per heavy atom. The molecule has 2 aromatic carbocycles. The molecule has 1 saturated carbocycles. The molecule has 0 spiro atoms. The van der Waals surface area contributed by atoms with E-state index in [1.807, 2.05) is 30.3 Å². The fourth-order valence-electron chi connectivity index (χ4n) is 9.86. The van der Waals surface area contributed by atoms with E-state index >= 15 is 4.79 Å². The minimum absolute atomic E-state index is 0.00126. The second-order valence-electron chi connectivity index (χ2n) is 19.6. The molecule has 6 rings (SSSR count). The molecule has 2 bridgehead atoms. The first kappa shape index (κ1) is 53.5. The van der Waals surface area contributed by atoms with Crippen molar-refractivity contribution in [1.82, 2.24) is 15.3 Å². The maximum Gasteiger partial charge on any atom is 0.422 e. The number of aliphatic hydroxyl groups is 1. The molecule has 3 heterocycles. The third-order valence-corrected chi connectivity index (χ3v) is 13.1. The van der Waals surface area contributed by atoms with Crippen molar-refractivity contribution in [2.45, 2.75) is 178 Å². The van der Waals surface area contributed by atoms with E-state index in [0.717, 1.165) is 50.2 Å². The average Bonchev–Trinajstić information content (AvgIpc) is 3.86. The zero-order valence-corrected chi connectivity index (χ0v) is 40.5. The molecule has 1 aliphatic carbocycles. The van der Waals surface area contributed by atoms with Crippen LogP contribution in [0.2, 0.25) is 0 Å². The summed E-state index contributed by atoms with van der Waals surface area (Å²) < 4.78 is 67.6. The van der Waals surface area contributed by atoms with Gasteiger partial charge in [0, 0.05) is 45.2 Å². The highest BCUT2D eigenvalue weighted by atomic mass is 19.4. The van der Waals surface area contributed by atoms with Crippen molar-refractivity contribution >= 4 is 35.8 Å². The minimum atomic E-state index is -4.66. The Morgan fingerprint density at radius 2 is 1.59 bits per heavy atom. The molecule has 4 fully saturated rings. The van der Waals surface area contributed by atoms with Gasteiger partial charge in [0.05, 0.1) is 19.2 Å². The predicted molar refractivity (Wildman–Crippen MR) is 245 cm³/mol. The fourth-order valence-corrected chi connectivity index (χ4v) is 9.86. The Balaban J connectivity index is 1.34. The lowest BCUT2D eigenvalue weighted by Gasteiger charge is -2.50. The molecule has 69 heavy (non-hydrogen) atoms. The van der Waals surface area contributed by atoms with Crippen LogP contribution in [0.1, 0.15) is 122 Å². The molecule has 0 radical (unpaired) electrons. The topological polar surface area (TPSA) is 179 Å². The maximum atomic E-state index is 15.8. The zero-order chi connectivity index (χ0) is 50.1. The number of amides is 2. The van der Waals surface area contributed by atoms with Gasteiger partial charge < -0.3 is 39.0 Å². The molecule has 18 heteroatoms. The SMILES string of the molecule is CCCCCC1(CCCCC)O[C@@H]2[C@H](O1)[C@H]1ON(Cc3ccc(C=CC(=O)OCC(F)(F)F)cc3)[C@H]3C(=O)O[C@@H]2C[C@@]13C(=O)N(C)[C@H](Cc1ccccc1)C(=O)N[C@H](CO)CCC(=O)OC(C)(C)C. The van der Waals surface area contributed by atoms with Crippen molar-refractivity contribution in [3.63, 3.8) is 0 Å². The summed E-state index contributed by atoms with van der Waals surface area (Å²) in [6.07, 6.45) is 0.637. The second kappa shape index (κ2) is 22.9. The molecule has 3 saturated heterocycles. The lowest BCUT2D eigenvalue weighted by molar-refractivity contribution is -0.225. The Morgan fingerprint density at radius 1 is 0.942 bits per heavy atom. The zero-order valence-electron chi connectivity index (χ0n) is 40.5. The van der Waals surface area contributed by atoms with E-state index in [1.165, 1.54) is 23.1 Å². The number of likely N-dealkylation sites (N-methyl/N-ethyl adjacent to an activating group) is 1. The third-order valence-electron chi connectivity index (χ3n) is 13.1. The molecular formula is C51H68F3N3O12. The first-order valence-electron chi connectivity index (χ1n) is 24.2. The van der Waals surface area contributed by atoms with E-state index in [9.17, 15) is 37.5 Å². The van der Waals surface area contributed by atoms with Gasteiger partial charge in [-0.1, -0.05) is 94.1 Å². The number of alkyl halides is 3. The smallest absolute Gasteiger partial charge is 0.422 e. The van der Waals surface area contributed by atoms with Crippen molar-refractivity contribution in [2.75, 3.05) is 20.3 Å². The summed E-state index contributed by atoms with van der Waals surface area (Å²) >= 11 is 0. The molecule has 0 aromatic heterocycles. The highest BCUT2D eigenvalue weighted by Gasteiger charge is 2.76. The number of esters is 3. The number of carbonyl (C=O) groups is 5. The summed E-state index contributed by atoms with van der Waals surface area (Å²) in [5.41, 5.74) is -0.542. The van der Waals surface area contributed by atoms with Gasteiger partial charge in [0.1, 0.15) is 41.5 Å². The van der Waals surface area contributed by atoms with E-state index in [4.69, 9.17) is 23.8 Å². The first-order chi connectivity index (χ1) is 32.7. The largest absolute Gasteiger partial charge is 0.460 e. The highest BCUT2D eigenvalue weighted by Crippen LogP contribution is 2.58. The number of hydrogen-bond acceptors (Lipinski definition) is 13. The molecule has 2 N–H and O–H groups in total. The third kappa shape index (κ3) is 13.3. The number of hydrogen-bond donors (Lipinski definition) is 2. The number of nitrogens with one attached hydrogen (secondary N) is 1. The summed E-state index contributed by atoms with van der Waals surface area (Å²) in [5, 5.41) is 14.7. The van der Waals surface area contributed by atoms with Crippen LogP contribution in [0.4, 0.5) is 13.2 Å². The fraction of sp³-hybridized carbons (Fsp3) is 0.627. The van der Waals surface area contributed by atoms with Crippen LogP contribution < -0.4 is 5.32 Å². The molecule has 15 nitrogen and oxygen atoms in total. The number of hydroxylamine groups is 2. The lowest BCUT2D eigenvalue weighted by Crippen LogP contribution is -2.70. The number of halogens is 3. The molecule has 8 atom stereocenters. The summed E-state index contributed by atoms with van der Waals surface area (Å²) in [5.74, 6) is -4.53. The molecule has 2 amide bonds. The predicted octanol–water partition coefficient (Wildman–Crippen LogP) is 6.91. The molecule has 3 aliphatic heterocycles. The van der Waals surface area contributed by atoms with E-state index in [1.54, 1.807) is 45.0 Å². The molecular weight excluding hydrogens is 904 g/mol. The molecule has 0 unspecified atom stereocenters. The summed E-state index contributed by atoms with van der Waals surface area (Å²) in [6, 6.07) is 12.4. The number of rotatable bonds is 23. The van der Waals surface area contributed by atoms with E-state index < -0.39 is 108 Å². The minimum Gasteiger partial charge on any atom is -0.460 e. The molecule has 380 valence electrons. The van der Waals surface area contributed by atoms with Crippen molar-refractivity contribution in [3.05, 3.63) is 77.4 Å². The van der Waals surface area contributed by atoms with Crippen LogP contribution in [0, 0.1) is 5.41 Å². The van der Waals surface area contributed by atoms with Gasteiger partial charge >= 0.3 is 24.1 Å². The van der Waals surface area contributed by atoms with Crippen LogP contribution in [0.3, 0.4) is 0 Å². The summed E-state index contributed by atoms with van der Waals surface area (Å²) in [6.45, 7) is 7.22. The van der Waals surface area contributed by atoms with Crippen molar-refractivity contribution in [3.8, 4) is 0 Å². The van der Waals surface area contributed by atoms with Crippen molar-refractivity contribution in [2.24, 2.45) is 5.41 Å². The standard InChI is InChI=1S/C51H68F3N3O12/c1-7-9-14-26-49(27-15-10-8-2)67-41-38-29-50(47(63)56(6)37(28-34-16-12-11-13-17-34)45(61)55-36(31-58)23-25-40(60)66-48(3,4)5)43(46(62)65-38)57(69-44(50)42(41)68-49)30-35-20-18-33(19-21-35)22-24-39(59)64-32-51(52,53)54/h11-13,16-22,24,36-38,41-44,58H,7-10,14-15,23,25-32H2,1-6H3,(H,55,61)/t36-,37+,38+,41-,42-,43-,44+,50-/m0/s1. The monoisotopic (exact) mass is 971 g/mol. The summed E-state index contributed by atoms with van der Waals surface area (Å²) in [4.78, 5) is 77.7. The number of nitrogens with zero attached hydrogens (tertiary/aromatic N) is 2. The van der Waals surface area contributed by atoms with Gasteiger partial charge in [-0.2, -0.15) is 18.2 Å². The van der Waals surface area contributed by atoms with Crippen molar-refractivity contribution in [1.29, 1.82) is 0 Å². The number of ether oxygens (including phenoxy) is 5. The quantitative estimate of drug-likeness (QED) is 0.0508. The van der Waals surface area contributed by atoms with Crippen LogP contribution in [0.15, 0.2) is 60.7 Å². The van der Waals surface area contributed by atoms with Gasteiger partial charge in [0.2, 0.25) is 11.8 Å². The van der Waals surface area contributed by atoms with Crippen molar-refractivity contribution < 1.29 is 70.8 Å². The average molecular weight is 972 g/mol. The Labute approximate surface area is 402 Å². The lowest BCUT2D eigenvalue weighted by atomic mass is 9.62. The Kier molecular flexibility index (Phi) is 17.8. The van der Waals surface area contributed by atoms with Crippen LogP contribution in [-0.2, 0) is 65.5 Å². The second-order valence-corrected chi connectivity index (χ2v) is 19.6. The van der Waals surface area contributed by atoms with Crippen LogP contribution in [0.25, 0.3) is 6.08 Å². The van der Waals surface area contributed by atoms with Gasteiger partial charge in [0.25, 0.3) is 0 Å². The highest BCUT2D eigenvalue weighted by molar-refractivity contribution is 5.96. The number of fused-ring (bicyclic) bond motifs is 4.